The molecule has 0 aliphatic carbocycles. The molecule has 1 aliphatic rings. The highest BCUT2D eigenvalue weighted by Crippen LogP contribution is 2.36. The summed E-state index contributed by atoms with van der Waals surface area (Å²) in [5.74, 6) is -0.110. The molecule has 0 radical (unpaired) electrons. The lowest BCUT2D eigenvalue weighted by Gasteiger charge is -2.35. The molecule has 3 amide bonds. The van der Waals surface area contributed by atoms with E-state index in [4.69, 9.17) is 4.42 Å². The first-order chi connectivity index (χ1) is 17.9. The highest BCUT2D eigenvalue weighted by atomic mass is 79.9. The van der Waals surface area contributed by atoms with Crippen LogP contribution in [0.5, 0.6) is 0 Å². The number of halogens is 1. The van der Waals surface area contributed by atoms with Gasteiger partial charge in [-0.3, -0.25) is 19.7 Å². The van der Waals surface area contributed by atoms with Crippen molar-refractivity contribution < 1.29 is 18.8 Å². The standard InChI is InChI=1S/C29H24BrN3O4/c1-2-29(14-13-26(34)33-28(29)36)18-5-8-20(9-6-18)32-27(35)24-17-21(10-11-22-4-3-15-37-22)31-25-12-7-19(30)16-23(24)25/h3-12,15-17H,2,13-14H2,1H3,(H,32,35)(H,33,34,36). The maximum atomic E-state index is 13.4. The van der Waals surface area contributed by atoms with E-state index in [1.807, 2.05) is 43.3 Å². The summed E-state index contributed by atoms with van der Waals surface area (Å²) < 4.78 is 6.19. The number of rotatable bonds is 6. The maximum Gasteiger partial charge on any atom is 0.256 e. The highest BCUT2D eigenvalue weighted by Gasteiger charge is 2.42. The fourth-order valence-corrected chi connectivity index (χ4v) is 5.04. The number of furan rings is 1. The largest absolute Gasteiger partial charge is 0.465 e. The van der Waals surface area contributed by atoms with Gasteiger partial charge in [-0.15, -0.1) is 0 Å². The fourth-order valence-electron chi connectivity index (χ4n) is 4.68. The molecule has 1 aliphatic heterocycles. The Balaban J connectivity index is 1.43. The zero-order valence-electron chi connectivity index (χ0n) is 20.1. The third-order valence-corrected chi connectivity index (χ3v) is 7.26. The maximum absolute atomic E-state index is 13.4. The number of aromatic nitrogens is 1. The number of fused-ring (bicyclic) bond motifs is 1. The van der Waals surface area contributed by atoms with Crippen molar-refractivity contribution in [3.8, 4) is 0 Å². The molecule has 8 heteroatoms. The van der Waals surface area contributed by atoms with Crippen molar-refractivity contribution >= 4 is 62.4 Å². The Morgan fingerprint density at radius 3 is 2.65 bits per heavy atom. The van der Waals surface area contributed by atoms with Crippen molar-refractivity contribution in [2.24, 2.45) is 0 Å². The van der Waals surface area contributed by atoms with Gasteiger partial charge in [0.15, 0.2) is 0 Å². The Morgan fingerprint density at radius 1 is 1.14 bits per heavy atom. The van der Waals surface area contributed by atoms with Crippen LogP contribution >= 0.6 is 15.9 Å². The summed E-state index contributed by atoms with van der Waals surface area (Å²) in [6, 6.07) is 18.2. The van der Waals surface area contributed by atoms with E-state index >= 15 is 0 Å². The summed E-state index contributed by atoms with van der Waals surface area (Å²) in [6.07, 6.45) is 6.54. The number of carbonyl (C=O) groups is 3. The molecular formula is C29H24BrN3O4. The molecule has 1 saturated heterocycles. The molecule has 7 nitrogen and oxygen atoms in total. The molecule has 1 fully saturated rings. The molecule has 186 valence electrons. The molecule has 1 atom stereocenters. The van der Waals surface area contributed by atoms with Crippen LogP contribution in [0.15, 0.2) is 75.8 Å². The summed E-state index contributed by atoms with van der Waals surface area (Å²) >= 11 is 3.48. The summed E-state index contributed by atoms with van der Waals surface area (Å²) in [5.41, 5.74) is 2.45. The third kappa shape index (κ3) is 4.97. The number of nitrogens with zero attached hydrogens (tertiary/aromatic N) is 1. The average molecular weight is 558 g/mol. The van der Waals surface area contributed by atoms with Crippen LogP contribution in [-0.4, -0.2) is 22.7 Å². The molecule has 2 aromatic carbocycles. The predicted octanol–water partition coefficient (Wildman–Crippen LogP) is 6.10. The number of hydrogen-bond donors (Lipinski definition) is 2. The third-order valence-electron chi connectivity index (χ3n) is 6.76. The zero-order chi connectivity index (χ0) is 26.0. The van der Waals surface area contributed by atoms with Crippen LogP contribution < -0.4 is 10.6 Å². The van der Waals surface area contributed by atoms with Gasteiger partial charge < -0.3 is 9.73 Å². The first kappa shape index (κ1) is 24.6. The second-order valence-corrected chi connectivity index (χ2v) is 9.87. The van der Waals surface area contributed by atoms with E-state index in [-0.39, 0.29) is 17.7 Å². The van der Waals surface area contributed by atoms with Gasteiger partial charge in [0.2, 0.25) is 11.8 Å². The summed E-state index contributed by atoms with van der Waals surface area (Å²) in [7, 11) is 0. The van der Waals surface area contributed by atoms with Crippen LogP contribution in [0.4, 0.5) is 5.69 Å². The van der Waals surface area contributed by atoms with Crippen LogP contribution in [0.1, 0.15) is 53.6 Å². The zero-order valence-corrected chi connectivity index (χ0v) is 21.7. The predicted molar refractivity (Wildman–Crippen MR) is 146 cm³/mol. The number of pyridine rings is 1. The lowest BCUT2D eigenvalue weighted by atomic mass is 9.72. The van der Waals surface area contributed by atoms with Gasteiger partial charge in [-0.25, -0.2) is 4.98 Å². The Kier molecular flexibility index (Phi) is 6.76. The van der Waals surface area contributed by atoms with E-state index in [1.54, 1.807) is 42.7 Å². The van der Waals surface area contributed by atoms with Crippen molar-refractivity contribution in [2.45, 2.75) is 31.6 Å². The second-order valence-electron chi connectivity index (χ2n) is 8.95. The number of benzene rings is 2. The Hall–Kier alpha value is -4.04. The Morgan fingerprint density at radius 2 is 1.95 bits per heavy atom. The molecule has 37 heavy (non-hydrogen) atoms. The molecule has 4 aromatic rings. The Bertz CT molecular complexity index is 1530. The van der Waals surface area contributed by atoms with Crippen LogP contribution in [0.3, 0.4) is 0 Å². The van der Waals surface area contributed by atoms with E-state index in [0.29, 0.717) is 52.9 Å². The summed E-state index contributed by atoms with van der Waals surface area (Å²) in [4.78, 5) is 42.4. The van der Waals surface area contributed by atoms with Gasteiger partial charge in [-0.1, -0.05) is 35.0 Å². The smallest absolute Gasteiger partial charge is 0.256 e. The van der Waals surface area contributed by atoms with Gasteiger partial charge in [0.25, 0.3) is 5.91 Å². The number of piperidine rings is 1. The van der Waals surface area contributed by atoms with Crippen LogP contribution in [0.2, 0.25) is 0 Å². The van der Waals surface area contributed by atoms with E-state index in [9.17, 15) is 14.4 Å². The monoisotopic (exact) mass is 557 g/mol. The highest BCUT2D eigenvalue weighted by molar-refractivity contribution is 9.10. The number of imide groups is 1. The SMILES string of the molecule is CCC1(c2ccc(NC(=O)c3cc(C=Cc4ccco4)nc4ccc(Br)cc34)cc2)CCC(=O)NC1=O. The van der Waals surface area contributed by atoms with Gasteiger partial charge in [0.05, 0.1) is 28.5 Å². The second kappa shape index (κ2) is 10.1. The minimum atomic E-state index is -0.751. The van der Waals surface area contributed by atoms with Crippen molar-refractivity contribution in [2.75, 3.05) is 5.32 Å². The van der Waals surface area contributed by atoms with E-state index in [0.717, 1.165) is 10.0 Å². The topological polar surface area (TPSA) is 101 Å². The summed E-state index contributed by atoms with van der Waals surface area (Å²) in [5, 5.41) is 6.15. The molecule has 2 N–H and O–H groups in total. The van der Waals surface area contributed by atoms with Crippen molar-refractivity contribution in [1.82, 2.24) is 10.3 Å². The first-order valence-electron chi connectivity index (χ1n) is 12.0. The van der Waals surface area contributed by atoms with E-state index < -0.39 is 5.41 Å². The summed E-state index contributed by atoms with van der Waals surface area (Å²) in [6.45, 7) is 1.94. The quantitative estimate of drug-likeness (QED) is 0.279. The molecule has 3 heterocycles. The van der Waals surface area contributed by atoms with Crippen LogP contribution in [0.25, 0.3) is 23.1 Å². The molecule has 0 saturated carbocycles. The Labute approximate surface area is 222 Å². The normalized spacial score (nSPS) is 17.8. The minimum Gasteiger partial charge on any atom is -0.465 e. The van der Waals surface area contributed by atoms with E-state index in [1.165, 1.54) is 0 Å². The molecule has 1 unspecified atom stereocenters. The first-order valence-corrected chi connectivity index (χ1v) is 12.8. The van der Waals surface area contributed by atoms with E-state index in [2.05, 4.69) is 31.5 Å². The molecule has 0 bridgehead atoms. The van der Waals surface area contributed by atoms with Crippen molar-refractivity contribution in [3.63, 3.8) is 0 Å². The van der Waals surface area contributed by atoms with Gasteiger partial charge in [-0.05, 0) is 79.1 Å². The van der Waals surface area contributed by atoms with Gasteiger partial charge in [-0.2, -0.15) is 0 Å². The number of nitrogens with one attached hydrogen (secondary N) is 2. The molecule has 0 spiro atoms. The van der Waals surface area contributed by atoms with Gasteiger partial charge in [0, 0.05) is 22.0 Å². The fraction of sp³-hybridized carbons (Fsp3) is 0.172. The lowest BCUT2D eigenvalue weighted by molar-refractivity contribution is -0.138. The van der Waals surface area contributed by atoms with Gasteiger partial charge in [0.1, 0.15) is 5.76 Å². The number of carbonyl (C=O) groups excluding carboxylic acids is 3. The van der Waals surface area contributed by atoms with Crippen molar-refractivity contribution in [3.05, 3.63) is 94.0 Å². The van der Waals surface area contributed by atoms with Gasteiger partial charge >= 0.3 is 0 Å². The van der Waals surface area contributed by atoms with Crippen LogP contribution in [-0.2, 0) is 15.0 Å². The lowest BCUT2D eigenvalue weighted by Crippen LogP contribution is -2.51. The van der Waals surface area contributed by atoms with Crippen molar-refractivity contribution in [1.29, 1.82) is 0 Å². The average Bonchev–Trinajstić information content (AvgIpc) is 3.42. The number of hydrogen-bond acceptors (Lipinski definition) is 5. The molecule has 5 rings (SSSR count). The minimum absolute atomic E-state index is 0.243. The molecular weight excluding hydrogens is 534 g/mol. The van der Waals surface area contributed by atoms with Crippen LogP contribution in [0, 0.1) is 0 Å². The molecule has 2 aromatic heterocycles. The number of anilines is 1. The number of amides is 3.